The summed E-state index contributed by atoms with van der Waals surface area (Å²) in [6.07, 6.45) is 1.54. The molecule has 5 nitrogen and oxygen atoms in total. The van der Waals surface area contributed by atoms with Crippen molar-refractivity contribution < 1.29 is 13.3 Å². The summed E-state index contributed by atoms with van der Waals surface area (Å²) in [5.41, 5.74) is 0.930. The van der Waals surface area contributed by atoms with E-state index in [0.29, 0.717) is 0 Å². The topological polar surface area (TPSA) is 77.3 Å². The molecule has 3 rings (SSSR count). The Morgan fingerprint density at radius 3 is 2.24 bits per heavy atom. The Kier molecular flexibility index (Phi) is 4.78. The van der Waals surface area contributed by atoms with E-state index >= 15 is 0 Å². The van der Waals surface area contributed by atoms with Crippen LogP contribution < -0.4 is 0 Å². The average Bonchev–Trinajstić information content (AvgIpc) is 3.10. The molecule has 126 valence electrons. The predicted octanol–water partition coefficient (Wildman–Crippen LogP) is 4.77. The first kappa shape index (κ1) is 17.1. The van der Waals surface area contributed by atoms with Gasteiger partial charge in [-0.3, -0.25) is 10.1 Å². The molecular formula is C18H13NO4S2. The average molecular weight is 371 g/mol. The quantitative estimate of drug-likeness (QED) is 0.478. The van der Waals surface area contributed by atoms with Crippen LogP contribution in [0.5, 0.6) is 0 Å². The molecule has 0 fully saturated rings. The third-order valence-corrected chi connectivity index (χ3v) is 6.00. The van der Waals surface area contributed by atoms with Crippen LogP contribution in [0.2, 0.25) is 0 Å². The van der Waals surface area contributed by atoms with Crippen molar-refractivity contribution in [3.8, 4) is 10.4 Å². The van der Waals surface area contributed by atoms with Gasteiger partial charge in [-0.1, -0.05) is 30.3 Å². The molecule has 0 bridgehead atoms. The SMILES string of the molecule is O=[N+]([O-])c1ccc(S(=O)(=O)/C=C/c2ccc(-c3ccccc3)s2)cc1. The lowest BCUT2D eigenvalue weighted by atomic mass is 10.2. The maximum absolute atomic E-state index is 12.3. The number of benzene rings is 2. The Labute approximate surface area is 149 Å². The highest BCUT2D eigenvalue weighted by Crippen LogP contribution is 2.29. The molecular weight excluding hydrogens is 358 g/mol. The van der Waals surface area contributed by atoms with Gasteiger partial charge in [0.1, 0.15) is 0 Å². The smallest absolute Gasteiger partial charge is 0.258 e. The highest BCUT2D eigenvalue weighted by atomic mass is 32.2. The Bertz CT molecular complexity index is 1020. The van der Waals surface area contributed by atoms with Crippen LogP contribution in [0.3, 0.4) is 0 Å². The summed E-state index contributed by atoms with van der Waals surface area (Å²) in [6.45, 7) is 0. The van der Waals surface area contributed by atoms with E-state index in [-0.39, 0.29) is 10.6 Å². The normalized spacial score (nSPS) is 11.7. The molecule has 3 aromatic rings. The van der Waals surface area contributed by atoms with Crippen molar-refractivity contribution in [1.82, 2.24) is 0 Å². The third-order valence-electron chi connectivity index (χ3n) is 3.47. The minimum Gasteiger partial charge on any atom is -0.258 e. The largest absolute Gasteiger partial charge is 0.269 e. The van der Waals surface area contributed by atoms with E-state index in [9.17, 15) is 18.5 Å². The van der Waals surface area contributed by atoms with Crippen molar-refractivity contribution in [2.24, 2.45) is 0 Å². The molecule has 0 N–H and O–H groups in total. The van der Waals surface area contributed by atoms with Crippen molar-refractivity contribution in [2.45, 2.75) is 4.90 Å². The lowest BCUT2D eigenvalue weighted by Crippen LogP contribution is -1.96. The van der Waals surface area contributed by atoms with E-state index in [2.05, 4.69) is 0 Å². The zero-order valence-electron chi connectivity index (χ0n) is 12.9. The number of non-ortho nitro benzene ring substituents is 1. The van der Waals surface area contributed by atoms with Crippen molar-refractivity contribution in [3.63, 3.8) is 0 Å². The highest BCUT2D eigenvalue weighted by molar-refractivity contribution is 7.94. The summed E-state index contributed by atoms with van der Waals surface area (Å²) in [5, 5.41) is 11.8. The molecule has 0 amide bonds. The Hall–Kier alpha value is -2.77. The number of rotatable bonds is 5. The van der Waals surface area contributed by atoms with Crippen molar-refractivity contribution in [2.75, 3.05) is 0 Å². The second kappa shape index (κ2) is 7.00. The summed E-state index contributed by atoms with van der Waals surface area (Å²) < 4.78 is 24.6. The van der Waals surface area contributed by atoms with Crippen LogP contribution >= 0.6 is 11.3 Å². The Morgan fingerprint density at radius 1 is 0.920 bits per heavy atom. The van der Waals surface area contributed by atoms with Crippen molar-refractivity contribution >= 4 is 32.9 Å². The molecule has 0 unspecified atom stereocenters. The first-order valence-corrected chi connectivity index (χ1v) is 9.65. The fourth-order valence-corrected chi connectivity index (χ4v) is 4.19. The molecule has 25 heavy (non-hydrogen) atoms. The van der Waals surface area contributed by atoms with Crippen LogP contribution in [-0.2, 0) is 9.84 Å². The van der Waals surface area contributed by atoms with Gasteiger partial charge in [0, 0.05) is 27.3 Å². The van der Waals surface area contributed by atoms with Crippen molar-refractivity contribution in [3.05, 3.63) is 87.1 Å². The minimum atomic E-state index is -3.65. The van der Waals surface area contributed by atoms with Gasteiger partial charge in [-0.15, -0.1) is 11.3 Å². The van der Waals surface area contributed by atoms with E-state index in [0.717, 1.165) is 20.7 Å². The Morgan fingerprint density at radius 2 is 1.60 bits per heavy atom. The first-order valence-electron chi connectivity index (χ1n) is 7.28. The zero-order chi connectivity index (χ0) is 17.9. The van der Waals surface area contributed by atoms with Crippen LogP contribution in [0.1, 0.15) is 4.88 Å². The molecule has 1 aromatic heterocycles. The lowest BCUT2D eigenvalue weighted by molar-refractivity contribution is -0.384. The minimum absolute atomic E-state index is 0.0224. The van der Waals surface area contributed by atoms with E-state index in [1.165, 1.54) is 41.7 Å². The van der Waals surface area contributed by atoms with Gasteiger partial charge in [-0.25, -0.2) is 8.42 Å². The highest BCUT2D eigenvalue weighted by Gasteiger charge is 2.13. The van der Waals surface area contributed by atoms with Crippen LogP contribution in [0.15, 0.2) is 77.0 Å². The standard InChI is InChI=1S/C18H13NO4S2/c20-19(21)15-6-9-17(10-7-15)25(22,23)13-12-16-8-11-18(24-16)14-4-2-1-3-5-14/h1-13H/b13-12+. The molecule has 0 spiro atoms. The van der Waals surface area contributed by atoms with Crippen LogP contribution in [0, 0.1) is 10.1 Å². The summed E-state index contributed by atoms with van der Waals surface area (Å²) in [5.74, 6) is 0. The van der Waals surface area contributed by atoms with Gasteiger partial charge in [0.2, 0.25) is 0 Å². The summed E-state index contributed by atoms with van der Waals surface area (Å²) >= 11 is 1.49. The van der Waals surface area contributed by atoms with Crippen LogP contribution in [-0.4, -0.2) is 13.3 Å². The van der Waals surface area contributed by atoms with Gasteiger partial charge in [0.05, 0.1) is 9.82 Å². The molecule has 0 radical (unpaired) electrons. The summed E-state index contributed by atoms with van der Waals surface area (Å²) in [7, 11) is -3.65. The molecule has 0 aliphatic carbocycles. The number of nitrogens with zero attached hydrogens (tertiary/aromatic N) is 1. The second-order valence-corrected chi connectivity index (χ2v) is 8.12. The van der Waals surface area contributed by atoms with Gasteiger partial charge in [0.25, 0.3) is 5.69 Å². The molecule has 0 atom stereocenters. The summed E-state index contributed by atoms with van der Waals surface area (Å²) in [6, 6.07) is 18.5. The van der Waals surface area contributed by atoms with Crippen LogP contribution in [0.4, 0.5) is 5.69 Å². The Balaban J connectivity index is 1.81. The number of hydrogen-bond acceptors (Lipinski definition) is 5. The van der Waals surface area contributed by atoms with E-state index in [1.54, 1.807) is 0 Å². The molecule has 1 heterocycles. The molecule has 0 saturated carbocycles. The van der Waals surface area contributed by atoms with Gasteiger partial charge >= 0.3 is 0 Å². The van der Waals surface area contributed by atoms with Crippen LogP contribution in [0.25, 0.3) is 16.5 Å². The zero-order valence-corrected chi connectivity index (χ0v) is 14.5. The maximum Gasteiger partial charge on any atom is 0.269 e. The first-order chi connectivity index (χ1) is 12.0. The van der Waals surface area contributed by atoms with Gasteiger partial charge in [-0.2, -0.15) is 0 Å². The fraction of sp³-hybridized carbons (Fsp3) is 0. The van der Waals surface area contributed by atoms with Gasteiger partial charge in [0.15, 0.2) is 9.84 Å². The molecule has 7 heteroatoms. The van der Waals surface area contributed by atoms with E-state index < -0.39 is 14.8 Å². The second-order valence-electron chi connectivity index (χ2n) is 5.17. The van der Waals surface area contributed by atoms with Crippen molar-refractivity contribution in [1.29, 1.82) is 0 Å². The third kappa shape index (κ3) is 4.01. The lowest BCUT2D eigenvalue weighted by Gasteiger charge is -1.98. The van der Waals surface area contributed by atoms with E-state index in [4.69, 9.17) is 0 Å². The predicted molar refractivity (Wildman–Crippen MR) is 99.1 cm³/mol. The molecule has 0 saturated heterocycles. The summed E-state index contributed by atoms with van der Waals surface area (Å²) in [4.78, 5) is 11.9. The number of sulfone groups is 1. The number of thiophene rings is 1. The molecule has 0 aliphatic rings. The number of nitro benzene ring substituents is 1. The maximum atomic E-state index is 12.3. The van der Waals surface area contributed by atoms with E-state index in [1.807, 2.05) is 42.5 Å². The number of nitro groups is 1. The molecule has 0 aliphatic heterocycles. The van der Waals surface area contributed by atoms with Gasteiger partial charge in [-0.05, 0) is 35.9 Å². The van der Waals surface area contributed by atoms with Gasteiger partial charge < -0.3 is 0 Å². The monoisotopic (exact) mass is 371 g/mol. The number of hydrogen-bond donors (Lipinski definition) is 0. The fourth-order valence-electron chi connectivity index (χ4n) is 2.19. The molecule has 2 aromatic carbocycles.